The quantitative estimate of drug-likeness (QED) is 0.444. The molecule has 0 aliphatic heterocycles. The molecular weight excluding hydrogens is 188 g/mol. The summed E-state index contributed by atoms with van der Waals surface area (Å²) in [6.45, 7) is 7.55. The van der Waals surface area contributed by atoms with Crippen molar-refractivity contribution >= 4 is 19.3 Å². The van der Waals surface area contributed by atoms with Gasteiger partial charge in [0.05, 0.1) is 0 Å². The highest BCUT2D eigenvalue weighted by molar-refractivity contribution is 6.51. The first-order valence-corrected chi connectivity index (χ1v) is 6.71. The molecule has 0 aromatic rings. The molecule has 0 bridgehead atoms. The van der Waals surface area contributed by atoms with Crippen molar-refractivity contribution in [3.63, 3.8) is 0 Å². The van der Waals surface area contributed by atoms with Crippen LogP contribution in [0.3, 0.4) is 0 Å². The maximum Gasteiger partial charge on any atom is 0.423 e. The summed E-state index contributed by atoms with van der Waals surface area (Å²) < 4.78 is 16.0. The van der Waals surface area contributed by atoms with Crippen molar-refractivity contribution in [1.29, 1.82) is 0 Å². The molecule has 3 nitrogen and oxygen atoms in total. The summed E-state index contributed by atoms with van der Waals surface area (Å²) in [5.74, 6) is 0. The molecule has 0 atom stereocenters. The lowest BCUT2D eigenvalue weighted by atomic mass is 10.6. The molecule has 0 aromatic heterocycles. The second-order valence-electron chi connectivity index (χ2n) is 2.17. The first-order valence-electron chi connectivity index (χ1n) is 4.37. The van der Waals surface area contributed by atoms with Gasteiger partial charge in [0.2, 0.25) is 0 Å². The molecule has 71 valence electrons. The van der Waals surface area contributed by atoms with E-state index in [-0.39, 0.29) is 10.0 Å². The Bertz CT molecular complexity index is 86.7. The Morgan fingerprint density at radius 1 is 1.17 bits per heavy atom. The average Bonchev–Trinajstić information content (AvgIpc) is 2.06. The van der Waals surface area contributed by atoms with E-state index in [0.717, 1.165) is 19.1 Å². The van der Waals surface area contributed by atoms with Gasteiger partial charge >= 0.3 is 19.3 Å². The topological polar surface area (TPSA) is 27.7 Å². The third-order valence-corrected chi connectivity index (χ3v) is 4.29. The van der Waals surface area contributed by atoms with Crippen LogP contribution in [-0.4, -0.2) is 32.5 Å². The zero-order valence-corrected chi connectivity index (χ0v) is 10.1. The van der Waals surface area contributed by atoms with Crippen molar-refractivity contribution in [3.8, 4) is 0 Å². The van der Waals surface area contributed by atoms with Gasteiger partial charge < -0.3 is 13.0 Å². The second-order valence-corrected chi connectivity index (χ2v) is 4.98. The highest BCUT2D eigenvalue weighted by atomic mass is 28.4. The molecule has 0 spiro atoms. The van der Waals surface area contributed by atoms with E-state index in [1.807, 2.05) is 13.8 Å². The fourth-order valence-electron chi connectivity index (χ4n) is 0.653. The van der Waals surface area contributed by atoms with Gasteiger partial charge in [-0.05, 0) is 19.9 Å². The number of rotatable bonds is 8. The van der Waals surface area contributed by atoms with E-state index >= 15 is 0 Å². The second kappa shape index (κ2) is 9.40. The van der Waals surface area contributed by atoms with Crippen LogP contribution in [0.4, 0.5) is 0 Å². The predicted octanol–water partition coefficient (Wildman–Crippen LogP) is 1.51. The molecule has 0 saturated carbocycles. The number of hydrogen-bond acceptors (Lipinski definition) is 3. The van der Waals surface area contributed by atoms with Crippen LogP contribution in [-0.2, 0) is 13.0 Å². The first kappa shape index (κ1) is 12.3. The van der Waals surface area contributed by atoms with Crippen LogP contribution in [0.15, 0.2) is 0 Å². The molecule has 0 amide bonds. The third kappa shape index (κ3) is 6.99. The smallest absolute Gasteiger partial charge is 0.412 e. The summed E-state index contributed by atoms with van der Waals surface area (Å²) in [7, 11) is -0.879. The van der Waals surface area contributed by atoms with Crippen LogP contribution < -0.4 is 0 Å². The molecule has 12 heavy (non-hydrogen) atoms. The minimum Gasteiger partial charge on any atom is -0.412 e. The highest BCUT2D eigenvalue weighted by Gasteiger charge is 2.13. The molecule has 0 fully saturated rings. The lowest BCUT2D eigenvalue weighted by Gasteiger charge is -2.11. The van der Waals surface area contributed by atoms with E-state index in [2.05, 4.69) is 6.92 Å². The largest absolute Gasteiger partial charge is 0.423 e. The maximum absolute atomic E-state index is 5.45. The van der Waals surface area contributed by atoms with Crippen LogP contribution in [0, 0.1) is 0 Å². The zero-order valence-electron chi connectivity index (χ0n) is 8.05. The monoisotopic (exact) mass is 205 g/mol. The van der Waals surface area contributed by atoms with Gasteiger partial charge in [0.25, 0.3) is 0 Å². The molecule has 0 aromatic carbocycles. The molecule has 0 unspecified atom stereocenters. The lowest BCUT2D eigenvalue weighted by Crippen LogP contribution is -2.25. The molecule has 0 aliphatic carbocycles. The summed E-state index contributed by atoms with van der Waals surface area (Å²) in [6.07, 6.45) is 1.12. The van der Waals surface area contributed by atoms with Crippen LogP contribution in [0.1, 0.15) is 27.2 Å². The molecule has 5 heteroatoms. The fraction of sp³-hybridized carbons (Fsp3) is 1.00. The Kier molecular flexibility index (Phi) is 9.65. The molecule has 3 radical (unpaired) electrons. The van der Waals surface area contributed by atoms with E-state index < -0.39 is 9.28 Å². The Morgan fingerprint density at radius 2 is 1.92 bits per heavy atom. The van der Waals surface area contributed by atoms with Gasteiger partial charge in [-0.1, -0.05) is 13.3 Å². The van der Waals surface area contributed by atoms with Gasteiger partial charge in [0.15, 0.2) is 0 Å². The van der Waals surface area contributed by atoms with Crippen molar-refractivity contribution in [2.75, 3.05) is 13.2 Å². The Hall–Kier alpha value is 0.314. The molecule has 0 rings (SSSR count). The van der Waals surface area contributed by atoms with Gasteiger partial charge in [-0.2, -0.15) is 0 Å². The highest BCUT2D eigenvalue weighted by Crippen LogP contribution is 1.99. The van der Waals surface area contributed by atoms with Crippen molar-refractivity contribution < 1.29 is 13.0 Å². The Balaban J connectivity index is 3.34. The van der Waals surface area contributed by atoms with Crippen LogP contribution >= 0.6 is 0 Å². The van der Waals surface area contributed by atoms with Gasteiger partial charge in [0.1, 0.15) is 0 Å². The van der Waals surface area contributed by atoms with Crippen LogP contribution in [0.5, 0.6) is 0 Å². The van der Waals surface area contributed by atoms with Gasteiger partial charge in [-0.3, -0.25) is 0 Å². The molecule has 0 saturated heterocycles. The SMILES string of the molecule is CCC[Si](OCC)O[Si]OCC. The zero-order chi connectivity index (χ0) is 9.23. The van der Waals surface area contributed by atoms with Crippen LogP contribution in [0.2, 0.25) is 6.04 Å². The van der Waals surface area contributed by atoms with Crippen molar-refractivity contribution in [2.45, 2.75) is 33.2 Å². The van der Waals surface area contributed by atoms with E-state index in [0.29, 0.717) is 6.61 Å². The molecule has 0 heterocycles. The first-order chi connectivity index (χ1) is 5.85. The minimum absolute atomic E-state index is 0.153. The Morgan fingerprint density at radius 3 is 2.42 bits per heavy atom. The predicted molar refractivity (Wildman–Crippen MR) is 50.9 cm³/mol. The average molecular weight is 205 g/mol. The maximum atomic E-state index is 5.45. The summed E-state index contributed by atoms with van der Waals surface area (Å²) in [5, 5.41) is 0. The van der Waals surface area contributed by atoms with E-state index in [1.54, 1.807) is 0 Å². The van der Waals surface area contributed by atoms with E-state index in [9.17, 15) is 0 Å². The summed E-state index contributed by atoms with van der Waals surface area (Å²) in [5.41, 5.74) is 0. The standard InChI is InChI=1S/C7H17O3Si2/c1-4-7-12(9-6-3)10-11-8-5-2/h4-7H2,1-3H3. The molecule has 0 N–H and O–H groups in total. The van der Waals surface area contributed by atoms with E-state index in [1.165, 1.54) is 0 Å². The van der Waals surface area contributed by atoms with Crippen molar-refractivity contribution in [1.82, 2.24) is 0 Å². The number of hydrogen-bond donors (Lipinski definition) is 0. The Labute approximate surface area is 79.3 Å². The summed E-state index contributed by atoms with van der Waals surface area (Å²) >= 11 is 0. The van der Waals surface area contributed by atoms with E-state index in [4.69, 9.17) is 13.0 Å². The normalized spacial score (nSPS) is 11.0. The third-order valence-electron chi connectivity index (χ3n) is 1.12. The van der Waals surface area contributed by atoms with Crippen molar-refractivity contribution in [3.05, 3.63) is 0 Å². The lowest BCUT2D eigenvalue weighted by molar-refractivity contribution is 0.248. The van der Waals surface area contributed by atoms with Crippen LogP contribution in [0.25, 0.3) is 0 Å². The minimum atomic E-state index is -1.03. The van der Waals surface area contributed by atoms with Crippen molar-refractivity contribution in [2.24, 2.45) is 0 Å². The summed E-state index contributed by atoms with van der Waals surface area (Å²) in [6, 6.07) is 1.04. The van der Waals surface area contributed by atoms with Gasteiger partial charge in [0, 0.05) is 13.2 Å². The molecule has 0 aliphatic rings. The fourth-order valence-corrected chi connectivity index (χ4v) is 2.90. The van der Waals surface area contributed by atoms with Gasteiger partial charge in [-0.25, -0.2) is 0 Å². The molecular formula is C7H17O3Si2. The summed E-state index contributed by atoms with van der Waals surface area (Å²) in [4.78, 5) is 0. The van der Waals surface area contributed by atoms with Gasteiger partial charge in [-0.15, -0.1) is 0 Å².